The van der Waals surface area contributed by atoms with Gasteiger partial charge in [-0.3, -0.25) is 4.79 Å². The normalized spacial score (nSPS) is 11.9. The van der Waals surface area contributed by atoms with E-state index in [1.165, 1.54) is 4.90 Å². The van der Waals surface area contributed by atoms with E-state index in [1.54, 1.807) is 21.0 Å². The molecule has 5 heteroatoms. The number of carbonyl (C=O) groups excluding carboxylic acids is 1. The SMILES string of the molecule is CC(N=C(N)N)C(=O)N(C)C. The summed E-state index contributed by atoms with van der Waals surface area (Å²) in [5.74, 6) is -0.175. The molecule has 5 nitrogen and oxygen atoms in total. The molecule has 0 saturated carbocycles. The standard InChI is InChI=1S/C6H14N4O/c1-4(9-6(7)8)5(11)10(2)3/h4H,1-3H3,(H4,7,8,9). The minimum Gasteiger partial charge on any atom is -0.370 e. The molecule has 0 aromatic rings. The van der Waals surface area contributed by atoms with E-state index in [-0.39, 0.29) is 11.9 Å². The molecule has 0 bridgehead atoms. The number of aliphatic imine (C=N–C) groups is 1. The van der Waals surface area contributed by atoms with Crippen molar-refractivity contribution in [1.82, 2.24) is 4.90 Å². The van der Waals surface area contributed by atoms with Crippen molar-refractivity contribution in [3.63, 3.8) is 0 Å². The van der Waals surface area contributed by atoms with E-state index in [0.29, 0.717) is 0 Å². The highest BCUT2D eigenvalue weighted by Crippen LogP contribution is 1.92. The number of nitrogens with two attached hydrogens (primary N) is 2. The fourth-order valence-electron chi connectivity index (χ4n) is 0.652. The van der Waals surface area contributed by atoms with Crippen molar-refractivity contribution < 1.29 is 4.79 Å². The molecule has 0 aromatic carbocycles. The molecule has 0 aliphatic rings. The van der Waals surface area contributed by atoms with Crippen molar-refractivity contribution in [2.75, 3.05) is 14.1 Å². The van der Waals surface area contributed by atoms with Gasteiger partial charge in [0.1, 0.15) is 6.04 Å². The average molecular weight is 158 g/mol. The van der Waals surface area contributed by atoms with E-state index >= 15 is 0 Å². The zero-order valence-corrected chi connectivity index (χ0v) is 7.03. The summed E-state index contributed by atoms with van der Waals surface area (Å²) in [6.07, 6.45) is 0. The third-order valence-corrected chi connectivity index (χ3v) is 1.14. The van der Waals surface area contributed by atoms with Crippen LogP contribution in [-0.4, -0.2) is 36.9 Å². The third kappa shape index (κ3) is 3.44. The van der Waals surface area contributed by atoms with Gasteiger partial charge < -0.3 is 16.4 Å². The average Bonchev–Trinajstić information content (AvgIpc) is 1.84. The quantitative estimate of drug-likeness (QED) is 0.388. The van der Waals surface area contributed by atoms with Gasteiger partial charge in [-0.15, -0.1) is 0 Å². The van der Waals surface area contributed by atoms with Crippen molar-refractivity contribution in [3.05, 3.63) is 0 Å². The Hall–Kier alpha value is -1.26. The van der Waals surface area contributed by atoms with Gasteiger partial charge >= 0.3 is 0 Å². The number of amides is 1. The van der Waals surface area contributed by atoms with Crippen LogP contribution in [0.15, 0.2) is 4.99 Å². The van der Waals surface area contributed by atoms with E-state index < -0.39 is 6.04 Å². The lowest BCUT2D eigenvalue weighted by Crippen LogP contribution is -2.34. The van der Waals surface area contributed by atoms with Gasteiger partial charge in [-0.1, -0.05) is 0 Å². The molecule has 0 aliphatic heterocycles. The molecule has 1 unspecified atom stereocenters. The van der Waals surface area contributed by atoms with Crippen molar-refractivity contribution in [3.8, 4) is 0 Å². The Morgan fingerprint density at radius 1 is 1.45 bits per heavy atom. The fraction of sp³-hybridized carbons (Fsp3) is 0.667. The summed E-state index contributed by atoms with van der Waals surface area (Å²) in [7, 11) is 3.31. The number of nitrogens with zero attached hydrogens (tertiary/aromatic N) is 2. The van der Waals surface area contributed by atoms with E-state index in [1.807, 2.05) is 0 Å². The number of hydrogen-bond donors (Lipinski definition) is 2. The molecule has 64 valence electrons. The molecule has 11 heavy (non-hydrogen) atoms. The highest BCUT2D eigenvalue weighted by atomic mass is 16.2. The van der Waals surface area contributed by atoms with E-state index in [0.717, 1.165) is 0 Å². The Morgan fingerprint density at radius 3 is 2.18 bits per heavy atom. The number of likely N-dealkylation sites (N-methyl/N-ethyl adjacent to an activating group) is 1. The van der Waals surface area contributed by atoms with Gasteiger partial charge in [0.15, 0.2) is 5.96 Å². The molecule has 0 fully saturated rings. The topological polar surface area (TPSA) is 84.7 Å². The fourth-order valence-corrected chi connectivity index (χ4v) is 0.652. The lowest BCUT2D eigenvalue weighted by atomic mass is 10.3. The monoisotopic (exact) mass is 158 g/mol. The number of carbonyl (C=O) groups is 1. The summed E-state index contributed by atoms with van der Waals surface area (Å²) in [6, 6.07) is -0.491. The molecule has 0 aliphatic carbocycles. The van der Waals surface area contributed by atoms with Crippen LogP contribution in [0.1, 0.15) is 6.92 Å². The molecule has 0 spiro atoms. The zero-order valence-electron chi connectivity index (χ0n) is 7.03. The van der Waals surface area contributed by atoms with Gasteiger partial charge in [0.25, 0.3) is 0 Å². The van der Waals surface area contributed by atoms with Crippen LogP contribution >= 0.6 is 0 Å². The number of hydrogen-bond acceptors (Lipinski definition) is 2. The molecule has 0 saturated heterocycles. The van der Waals surface area contributed by atoms with Gasteiger partial charge in [0.05, 0.1) is 0 Å². The first-order valence-electron chi connectivity index (χ1n) is 3.25. The predicted octanol–water partition coefficient (Wildman–Crippen LogP) is -1.26. The highest BCUT2D eigenvalue weighted by molar-refractivity contribution is 5.85. The molecule has 0 radical (unpaired) electrons. The lowest BCUT2D eigenvalue weighted by molar-refractivity contribution is -0.129. The lowest BCUT2D eigenvalue weighted by Gasteiger charge is -2.12. The van der Waals surface area contributed by atoms with Crippen LogP contribution < -0.4 is 11.5 Å². The van der Waals surface area contributed by atoms with E-state index in [4.69, 9.17) is 11.5 Å². The van der Waals surface area contributed by atoms with Crippen LogP contribution in [0.2, 0.25) is 0 Å². The zero-order chi connectivity index (χ0) is 9.02. The highest BCUT2D eigenvalue weighted by Gasteiger charge is 2.12. The van der Waals surface area contributed by atoms with Crippen LogP contribution in [0.25, 0.3) is 0 Å². The molecule has 0 rings (SSSR count). The first kappa shape index (κ1) is 9.74. The Labute approximate surface area is 66.1 Å². The number of guanidine groups is 1. The van der Waals surface area contributed by atoms with Crippen LogP contribution in [0, 0.1) is 0 Å². The van der Waals surface area contributed by atoms with Gasteiger partial charge in [-0.2, -0.15) is 0 Å². The van der Waals surface area contributed by atoms with Gasteiger partial charge in [0, 0.05) is 14.1 Å². The van der Waals surface area contributed by atoms with Crippen molar-refractivity contribution in [2.45, 2.75) is 13.0 Å². The molecular formula is C6H14N4O. The Bertz CT molecular complexity index is 171. The van der Waals surface area contributed by atoms with Crippen LogP contribution in [0.3, 0.4) is 0 Å². The van der Waals surface area contributed by atoms with E-state index in [9.17, 15) is 4.79 Å². The van der Waals surface area contributed by atoms with Crippen molar-refractivity contribution >= 4 is 11.9 Å². The second-order valence-electron chi connectivity index (χ2n) is 2.46. The maximum absolute atomic E-state index is 11.1. The number of rotatable bonds is 2. The van der Waals surface area contributed by atoms with Crippen LogP contribution in [0.4, 0.5) is 0 Å². The minimum atomic E-state index is -0.491. The summed E-state index contributed by atoms with van der Waals surface area (Å²) >= 11 is 0. The maximum atomic E-state index is 11.1. The first-order chi connectivity index (χ1) is 4.95. The first-order valence-corrected chi connectivity index (χ1v) is 3.25. The summed E-state index contributed by atoms with van der Waals surface area (Å²) in [4.78, 5) is 16.2. The van der Waals surface area contributed by atoms with Gasteiger partial charge in [-0.05, 0) is 6.92 Å². The Morgan fingerprint density at radius 2 is 1.91 bits per heavy atom. The summed E-state index contributed by atoms with van der Waals surface area (Å²) in [6.45, 7) is 1.64. The minimum absolute atomic E-state index is 0.0623. The second-order valence-corrected chi connectivity index (χ2v) is 2.46. The predicted molar refractivity (Wildman–Crippen MR) is 44.0 cm³/mol. The molecular weight excluding hydrogens is 144 g/mol. The summed E-state index contributed by atoms with van der Waals surface area (Å²) in [5.41, 5.74) is 10.2. The Kier molecular flexibility index (Phi) is 3.36. The van der Waals surface area contributed by atoms with Crippen molar-refractivity contribution in [2.24, 2.45) is 16.5 Å². The molecule has 1 atom stereocenters. The Balaban J connectivity index is 4.15. The molecule has 1 amide bonds. The molecule has 0 heterocycles. The maximum Gasteiger partial charge on any atom is 0.246 e. The van der Waals surface area contributed by atoms with Crippen molar-refractivity contribution in [1.29, 1.82) is 0 Å². The van der Waals surface area contributed by atoms with E-state index in [2.05, 4.69) is 4.99 Å². The molecule has 4 N–H and O–H groups in total. The third-order valence-electron chi connectivity index (χ3n) is 1.14. The summed E-state index contributed by atoms with van der Waals surface area (Å²) < 4.78 is 0. The van der Waals surface area contributed by atoms with Crippen LogP contribution in [-0.2, 0) is 4.79 Å². The van der Waals surface area contributed by atoms with Gasteiger partial charge in [0.2, 0.25) is 5.91 Å². The van der Waals surface area contributed by atoms with Gasteiger partial charge in [-0.25, -0.2) is 4.99 Å². The smallest absolute Gasteiger partial charge is 0.246 e. The summed E-state index contributed by atoms with van der Waals surface area (Å²) in [5, 5.41) is 0. The molecule has 0 aromatic heterocycles. The second kappa shape index (κ2) is 3.80. The van der Waals surface area contributed by atoms with Crippen LogP contribution in [0.5, 0.6) is 0 Å². The largest absolute Gasteiger partial charge is 0.370 e.